The van der Waals surface area contributed by atoms with E-state index in [0.29, 0.717) is 40.2 Å². The zero-order chi connectivity index (χ0) is 16.2. The highest BCUT2D eigenvalue weighted by atomic mass is 35.5. The highest BCUT2D eigenvalue weighted by Gasteiger charge is 2.15. The molecule has 0 radical (unpaired) electrons. The summed E-state index contributed by atoms with van der Waals surface area (Å²) in [5.41, 5.74) is 1.66. The Labute approximate surface area is 138 Å². The highest BCUT2D eigenvalue weighted by molar-refractivity contribution is 6.31. The molecule has 0 aliphatic rings. The Hall–Kier alpha value is -2.53. The van der Waals surface area contributed by atoms with Gasteiger partial charge in [-0.1, -0.05) is 35.0 Å². The largest absolute Gasteiger partial charge is 0.497 e. The molecule has 0 saturated heterocycles. The van der Waals surface area contributed by atoms with E-state index in [1.807, 2.05) is 36.4 Å². The first-order chi connectivity index (χ1) is 11.2. The van der Waals surface area contributed by atoms with E-state index in [0.717, 1.165) is 5.56 Å². The summed E-state index contributed by atoms with van der Waals surface area (Å²) in [4.78, 5) is 4.42. The second kappa shape index (κ2) is 6.71. The molecule has 0 amide bonds. The van der Waals surface area contributed by atoms with E-state index in [4.69, 9.17) is 25.6 Å². The van der Waals surface area contributed by atoms with E-state index in [2.05, 4.69) is 10.1 Å². The van der Waals surface area contributed by atoms with Gasteiger partial charge in [-0.2, -0.15) is 4.98 Å². The van der Waals surface area contributed by atoms with E-state index in [-0.39, 0.29) is 0 Å². The second-order valence-corrected chi connectivity index (χ2v) is 5.26. The number of methoxy groups -OCH3 is 2. The lowest BCUT2D eigenvalue weighted by molar-refractivity contribution is 0.390. The molecule has 0 N–H and O–H groups in total. The monoisotopic (exact) mass is 330 g/mol. The minimum Gasteiger partial charge on any atom is -0.497 e. The molecule has 0 unspecified atom stereocenters. The summed E-state index contributed by atoms with van der Waals surface area (Å²) in [6.07, 6.45) is 0.502. The molecule has 1 aromatic heterocycles. The molecule has 6 heteroatoms. The predicted molar refractivity (Wildman–Crippen MR) is 87.1 cm³/mol. The first kappa shape index (κ1) is 15.4. The number of nitrogens with zero attached hydrogens (tertiary/aromatic N) is 2. The first-order valence-electron chi connectivity index (χ1n) is 6.99. The van der Waals surface area contributed by atoms with Crippen molar-refractivity contribution in [1.82, 2.24) is 10.1 Å². The van der Waals surface area contributed by atoms with Crippen molar-refractivity contribution in [3.8, 4) is 23.0 Å². The Balaban J connectivity index is 1.89. The zero-order valence-corrected chi connectivity index (χ0v) is 13.5. The molecule has 0 bridgehead atoms. The first-order valence-corrected chi connectivity index (χ1v) is 7.37. The molecule has 0 saturated carbocycles. The number of ether oxygens (including phenoxy) is 2. The molecular weight excluding hydrogens is 316 g/mol. The SMILES string of the molecule is COc1ccc(-c2nc(Cc3ccccc3Cl)no2)c(OC)c1. The Morgan fingerprint density at radius 2 is 1.91 bits per heavy atom. The van der Waals surface area contributed by atoms with Crippen molar-refractivity contribution < 1.29 is 14.0 Å². The number of aromatic nitrogens is 2. The van der Waals surface area contributed by atoms with Gasteiger partial charge in [-0.05, 0) is 23.8 Å². The Morgan fingerprint density at radius 1 is 1.09 bits per heavy atom. The van der Waals surface area contributed by atoms with Crippen molar-refractivity contribution in [2.75, 3.05) is 14.2 Å². The molecule has 23 heavy (non-hydrogen) atoms. The number of halogens is 1. The average molecular weight is 331 g/mol. The van der Waals surface area contributed by atoms with Gasteiger partial charge in [0.25, 0.3) is 5.89 Å². The molecule has 1 heterocycles. The molecule has 0 atom stereocenters. The van der Waals surface area contributed by atoms with Gasteiger partial charge in [0.1, 0.15) is 11.5 Å². The van der Waals surface area contributed by atoms with Crippen LogP contribution in [0.3, 0.4) is 0 Å². The summed E-state index contributed by atoms with van der Waals surface area (Å²) < 4.78 is 15.9. The number of hydrogen-bond acceptors (Lipinski definition) is 5. The van der Waals surface area contributed by atoms with Crippen molar-refractivity contribution in [1.29, 1.82) is 0 Å². The fraction of sp³-hybridized carbons (Fsp3) is 0.176. The van der Waals surface area contributed by atoms with Gasteiger partial charge < -0.3 is 14.0 Å². The van der Waals surface area contributed by atoms with Crippen LogP contribution < -0.4 is 9.47 Å². The van der Waals surface area contributed by atoms with Gasteiger partial charge >= 0.3 is 0 Å². The summed E-state index contributed by atoms with van der Waals surface area (Å²) in [5, 5.41) is 4.70. The third-order valence-electron chi connectivity index (χ3n) is 3.41. The van der Waals surface area contributed by atoms with Gasteiger partial charge in [-0.3, -0.25) is 0 Å². The van der Waals surface area contributed by atoms with Crippen LogP contribution in [-0.2, 0) is 6.42 Å². The van der Waals surface area contributed by atoms with Crippen LogP contribution in [0.2, 0.25) is 5.02 Å². The van der Waals surface area contributed by atoms with Crippen molar-refractivity contribution in [2.45, 2.75) is 6.42 Å². The Morgan fingerprint density at radius 3 is 2.65 bits per heavy atom. The van der Waals surface area contributed by atoms with Gasteiger partial charge in [0.2, 0.25) is 0 Å². The third-order valence-corrected chi connectivity index (χ3v) is 3.78. The van der Waals surface area contributed by atoms with Crippen LogP contribution in [-0.4, -0.2) is 24.4 Å². The lowest BCUT2D eigenvalue weighted by Gasteiger charge is -2.06. The third kappa shape index (κ3) is 3.29. The van der Waals surface area contributed by atoms with Crippen LogP contribution in [0.4, 0.5) is 0 Å². The van der Waals surface area contributed by atoms with Crippen LogP contribution in [0, 0.1) is 0 Å². The second-order valence-electron chi connectivity index (χ2n) is 4.85. The Bertz CT molecular complexity index is 817. The molecule has 5 nitrogen and oxygen atoms in total. The lowest BCUT2D eigenvalue weighted by Crippen LogP contribution is -1.93. The van der Waals surface area contributed by atoms with Crippen LogP contribution in [0.15, 0.2) is 47.0 Å². The van der Waals surface area contributed by atoms with E-state index < -0.39 is 0 Å². The maximum atomic E-state index is 6.16. The van der Waals surface area contributed by atoms with Gasteiger partial charge in [-0.15, -0.1) is 0 Å². The zero-order valence-electron chi connectivity index (χ0n) is 12.7. The lowest BCUT2D eigenvalue weighted by atomic mass is 10.1. The van der Waals surface area contributed by atoms with Crippen molar-refractivity contribution in [2.24, 2.45) is 0 Å². The van der Waals surface area contributed by atoms with Crippen LogP contribution in [0.1, 0.15) is 11.4 Å². The number of hydrogen-bond donors (Lipinski definition) is 0. The molecular formula is C17H15ClN2O3. The van der Waals surface area contributed by atoms with E-state index in [1.54, 1.807) is 20.3 Å². The molecule has 0 spiro atoms. The van der Waals surface area contributed by atoms with E-state index in [1.165, 1.54) is 0 Å². The maximum Gasteiger partial charge on any atom is 0.261 e. The molecule has 0 aliphatic carbocycles. The Kier molecular flexibility index (Phi) is 4.48. The van der Waals surface area contributed by atoms with Gasteiger partial charge in [0, 0.05) is 17.5 Å². The highest BCUT2D eigenvalue weighted by Crippen LogP contribution is 2.32. The molecule has 0 fully saturated rings. The topological polar surface area (TPSA) is 57.4 Å². The summed E-state index contributed by atoms with van der Waals surface area (Å²) in [5.74, 6) is 2.26. The van der Waals surface area contributed by atoms with Gasteiger partial charge in [0.15, 0.2) is 5.82 Å². The minimum absolute atomic E-state index is 0.395. The van der Waals surface area contributed by atoms with E-state index >= 15 is 0 Å². The van der Waals surface area contributed by atoms with Gasteiger partial charge in [-0.25, -0.2) is 0 Å². The van der Waals surface area contributed by atoms with E-state index in [9.17, 15) is 0 Å². The summed E-state index contributed by atoms with van der Waals surface area (Å²) >= 11 is 6.16. The minimum atomic E-state index is 0.395. The maximum absolute atomic E-state index is 6.16. The number of benzene rings is 2. The van der Waals surface area contributed by atoms with Crippen molar-refractivity contribution in [3.05, 3.63) is 58.9 Å². The summed E-state index contributed by atoms with van der Waals surface area (Å²) in [7, 11) is 3.18. The van der Waals surface area contributed by atoms with Crippen LogP contribution in [0.25, 0.3) is 11.5 Å². The number of rotatable bonds is 5. The molecule has 118 valence electrons. The van der Waals surface area contributed by atoms with Crippen molar-refractivity contribution >= 4 is 11.6 Å². The fourth-order valence-electron chi connectivity index (χ4n) is 2.22. The van der Waals surface area contributed by atoms with Crippen molar-refractivity contribution in [3.63, 3.8) is 0 Å². The quantitative estimate of drug-likeness (QED) is 0.707. The van der Waals surface area contributed by atoms with Gasteiger partial charge in [0.05, 0.1) is 19.8 Å². The summed E-state index contributed by atoms with van der Waals surface area (Å²) in [6.45, 7) is 0. The molecule has 3 rings (SSSR count). The van der Waals surface area contributed by atoms with Crippen LogP contribution in [0.5, 0.6) is 11.5 Å². The van der Waals surface area contributed by atoms with Crippen LogP contribution >= 0.6 is 11.6 Å². The summed E-state index contributed by atoms with van der Waals surface area (Å²) in [6, 6.07) is 13.0. The average Bonchev–Trinajstić information content (AvgIpc) is 3.04. The molecule has 3 aromatic rings. The molecule has 0 aliphatic heterocycles. The molecule has 2 aromatic carbocycles. The smallest absolute Gasteiger partial charge is 0.261 e. The normalized spacial score (nSPS) is 10.6. The fourth-order valence-corrected chi connectivity index (χ4v) is 2.43. The predicted octanol–water partition coefficient (Wildman–Crippen LogP) is 4.00. The standard InChI is InChI=1S/C17H15ClN2O3/c1-21-12-7-8-13(15(10-12)22-2)17-19-16(20-23-17)9-11-5-3-4-6-14(11)18/h3-8,10H,9H2,1-2H3.